The highest BCUT2D eigenvalue weighted by Crippen LogP contribution is 2.46. The van der Waals surface area contributed by atoms with Crippen LogP contribution in [0.15, 0.2) is 16.3 Å². The van der Waals surface area contributed by atoms with Crippen LogP contribution in [0.1, 0.15) is 33.9 Å². The normalized spacial score (nSPS) is 23.7. The number of esters is 3. The van der Waals surface area contributed by atoms with Gasteiger partial charge in [-0.2, -0.15) is 0 Å². The molecule has 0 aliphatic carbocycles. The fourth-order valence-electron chi connectivity index (χ4n) is 4.01. The van der Waals surface area contributed by atoms with Crippen LogP contribution in [0.5, 0.6) is 0 Å². The lowest BCUT2D eigenvalue weighted by atomic mass is 9.95. The lowest BCUT2D eigenvalue weighted by Gasteiger charge is -2.34. The van der Waals surface area contributed by atoms with E-state index < -0.39 is 41.9 Å². The number of carbonyl (C=O) groups is 3. The second-order valence-electron chi connectivity index (χ2n) is 8.57. The van der Waals surface area contributed by atoms with Gasteiger partial charge in [-0.3, -0.25) is 19.0 Å². The third-order valence-electron chi connectivity index (χ3n) is 5.31. The molecule has 196 valence electrons. The minimum absolute atomic E-state index is 0.237. The van der Waals surface area contributed by atoms with Crippen LogP contribution >= 0.6 is 11.8 Å². The molecular formula is C22H30N6O7S. The SMILES string of the molecule is CSc1nc(/N=C/N(C)C)c2c(N)cn(C3O[C@H](COC(C)=O)[C@@H](OC(C)=O)[C@@]3(C)OC(C)=O)c2n1. The number of hydrogen-bond acceptors (Lipinski definition) is 12. The van der Waals surface area contributed by atoms with Crippen molar-refractivity contribution in [1.82, 2.24) is 19.4 Å². The Balaban J connectivity index is 2.22. The topological polar surface area (TPSA) is 160 Å². The van der Waals surface area contributed by atoms with Crippen molar-refractivity contribution in [2.75, 3.05) is 32.7 Å². The molecule has 4 atom stereocenters. The number of hydrogen-bond donors (Lipinski definition) is 1. The largest absolute Gasteiger partial charge is 0.463 e. The van der Waals surface area contributed by atoms with Gasteiger partial charge in [-0.15, -0.1) is 0 Å². The standard InChI is InChI=1S/C22H30N6O7S/c1-11(29)32-9-15-17(33-12(2)30)22(4,35-13(3)31)20(34-15)28-8-14(23)16-18(24-10-27(5)6)25-21(36-7)26-19(16)28/h8,10,15,17,20H,9,23H2,1-7H3/b24-10+/t15-,17-,20?,22-/m1/s1. The first-order valence-corrected chi connectivity index (χ1v) is 12.2. The number of anilines is 1. The number of carbonyl (C=O) groups excluding carboxylic acids is 3. The number of nitrogens with zero attached hydrogens (tertiary/aromatic N) is 5. The number of aromatic nitrogens is 3. The zero-order valence-electron chi connectivity index (χ0n) is 21.2. The molecule has 0 radical (unpaired) electrons. The molecule has 36 heavy (non-hydrogen) atoms. The minimum atomic E-state index is -1.53. The van der Waals surface area contributed by atoms with Crippen molar-refractivity contribution in [2.45, 2.75) is 56.9 Å². The Morgan fingerprint density at radius 3 is 2.50 bits per heavy atom. The Morgan fingerprint density at radius 2 is 1.94 bits per heavy atom. The van der Waals surface area contributed by atoms with Crippen LogP contribution in [0.3, 0.4) is 0 Å². The number of fused-ring (bicyclic) bond motifs is 1. The molecule has 13 nitrogen and oxygen atoms in total. The second kappa shape index (κ2) is 10.7. The van der Waals surface area contributed by atoms with Gasteiger partial charge in [0.25, 0.3) is 0 Å². The monoisotopic (exact) mass is 522 g/mol. The van der Waals surface area contributed by atoms with Crippen LogP contribution in [-0.4, -0.2) is 88.4 Å². The highest BCUT2D eigenvalue weighted by atomic mass is 32.2. The van der Waals surface area contributed by atoms with Crippen LogP contribution in [-0.2, 0) is 33.3 Å². The summed E-state index contributed by atoms with van der Waals surface area (Å²) in [4.78, 5) is 50.9. The molecule has 1 aliphatic rings. The smallest absolute Gasteiger partial charge is 0.303 e. The van der Waals surface area contributed by atoms with Gasteiger partial charge in [-0.25, -0.2) is 15.0 Å². The van der Waals surface area contributed by atoms with E-state index in [-0.39, 0.29) is 6.61 Å². The van der Waals surface area contributed by atoms with Gasteiger partial charge in [0.2, 0.25) is 0 Å². The number of rotatable bonds is 8. The molecule has 1 aliphatic heterocycles. The molecule has 3 heterocycles. The van der Waals surface area contributed by atoms with E-state index in [0.29, 0.717) is 27.7 Å². The van der Waals surface area contributed by atoms with E-state index in [0.717, 1.165) is 0 Å². The predicted octanol–water partition coefficient (Wildman–Crippen LogP) is 1.67. The molecule has 2 aromatic rings. The van der Waals surface area contributed by atoms with Gasteiger partial charge < -0.3 is 29.6 Å². The van der Waals surface area contributed by atoms with Crippen molar-refractivity contribution < 1.29 is 33.3 Å². The molecule has 0 amide bonds. The first-order valence-electron chi connectivity index (χ1n) is 11.0. The summed E-state index contributed by atoms with van der Waals surface area (Å²) in [5.74, 6) is -1.46. The van der Waals surface area contributed by atoms with Crippen molar-refractivity contribution in [1.29, 1.82) is 0 Å². The molecule has 1 unspecified atom stereocenters. The summed E-state index contributed by atoms with van der Waals surface area (Å²) in [5.41, 5.74) is 5.52. The molecule has 0 aromatic carbocycles. The third-order valence-corrected chi connectivity index (χ3v) is 5.86. The summed E-state index contributed by atoms with van der Waals surface area (Å²) in [6.45, 7) is 5.04. The van der Waals surface area contributed by atoms with E-state index in [2.05, 4.69) is 15.0 Å². The van der Waals surface area contributed by atoms with Crippen molar-refractivity contribution in [3.05, 3.63) is 6.20 Å². The highest BCUT2D eigenvalue weighted by Gasteiger charge is 2.60. The van der Waals surface area contributed by atoms with E-state index in [9.17, 15) is 14.4 Å². The molecule has 2 N–H and O–H groups in total. The molecule has 1 saturated heterocycles. The lowest BCUT2D eigenvalue weighted by Crippen LogP contribution is -2.50. The maximum Gasteiger partial charge on any atom is 0.303 e. The zero-order chi connectivity index (χ0) is 26.8. The van der Waals surface area contributed by atoms with E-state index >= 15 is 0 Å². The van der Waals surface area contributed by atoms with Crippen molar-refractivity contribution in [3.63, 3.8) is 0 Å². The Kier molecular flexibility index (Phi) is 8.09. The van der Waals surface area contributed by atoms with Crippen molar-refractivity contribution >= 4 is 58.5 Å². The molecule has 3 rings (SSSR count). The first-order chi connectivity index (χ1) is 16.9. The zero-order valence-corrected chi connectivity index (χ0v) is 22.0. The number of thioether (sulfide) groups is 1. The quantitative estimate of drug-likeness (QED) is 0.134. The fraction of sp³-hybridized carbons (Fsp3) is 0.545. The second-order valence-corrected chi connectivity index (χ2v) is 9.34. The van der Waals surface area contributed by atoms with Gasteiger partial charge in [0.15, 0.2) is 34.6 Å². The first kappa shape index (κ1) is 27.2. The van der Waals surface area contributed by atoms with E-state index in [1.165, 1.54) is 32.5 Å². The molecule has 0 saturated carbocycles. The molecule has 0 spiro atoms. The van der Waals surface area contributed by atoms with Gasteiger partial charge in [0.1, 0.15) is 12.7 Å². The molecule has 0 bridgehead atoms. The summed E-state index contributed by atoms with van der Waals surface area (Å²) >= 11 is 1.31. The van der Waals surface area contributed by atoms with Gasteiger partial charge in [0, 0.05) is 41.1 Å². The Labute approximate surface area is 212 Å². The van der Waals surface area contributed by atoms with Crippen LogP contribution in [0.2, 0.25) is 0 Å². The lowest BCUT2D eigenvalue weighted by molar-refractivity contribution is -0.184. The molecule has 1 fully saturated rings. The minimum Gasteiger partial charge on any atom is -0.463 e. The van der Waals surface area contributed by atoms with Crippen LogP contribution < -0.4 is 5.73 Å². The van der Waals surface area contributed by atoms with Crippen LogP contribution in [0.4, 0.5) is 11.5 Å². The highest BCUT2D eigenvalue weighted by molar-refractivity contribution is 7.98. The summed E-state index contributed by atoms with van der Waals surface area (Å²) in [6.07, 6.45) is 1.88. The van der Waals surface area contributed by atoms with Gasteiger partial charge in [-0.05, 0) is 13.2 Å². The van der Waals surface area contributed by atoms with E-state index in [4.69, 9.17) is 24.7 Å². The van der Waals surface area contributed by atoms with E-state index in [1.807, 2.05) is 20.4 Å². The average molecular weight is 523 g/mol. The average Bonchev–Trinajstić information content (AvgIpc) is 3.23. The summed E-state index contributed by atoms with van der Waals surface area (Å²) in [6, 6.07) is 0. The number of nitrogen functional groups attached to an aromatic ring is 1. The number of ether oxygens (including phenoxy) is 4. The van der Waals surface area contributed by atoms with Crippen LogP contribution in [0, 0.1) is 0 Å². The maximum absolute atomic E-state index is 12.2. The molecule has 14 heteroatoms. The van der Waals surface area contributed by atoms with E-state index in [1.54, 1.807) is 28.9 Å². The maximum atomic E-state index is 12.2. The summed E-state index contributed by atoms with van der Waals surface area (Å²) in [5, 5.41) is 0.889. The Hall–Kier alpha value is -3.39. The van der Waals surface area contributed by atoms with Crippen molar-refractivity contribution in [3.8, 4) is 0 Å². The molecule has 2 aromatic heterocycles. The summed E-state index contributed by atoms with van der Waals surface area (Å²) in [7, 11) is 3.64. The predicted molar refractivity (Wildman–Crippen MR) is 132 cm³/mol. The van der Waals surface area contributed by atoms with Gasteiger partial charge in [0.05, 0.1) is 17.4 Å². The fourth-order valence-corrected chi connectivity index (χ4v) is 4.37. The number of nitrogens with two attached hydrogens (primary N) is 1. The Bertz CT molecular complexity index is 1200. The Morgan fingerprint density at radius 1 is 1.25 bits per heavy atom. The number of aliphatic imine (C=N–C) groups is 1. The third kappa shape index (κ3) is 5.54. The van der Waals surface area contributed by atoms with Gasteiger partial charge in [-0.1, -0.05) is 11.8 Å². The molecular weight excluding hydrogens is 492 g/mol. The van der Waals surface area contributed by atoms with Crippen molar-refractivity contribution in [2.24, 2.45) is 4.99 Å². The van der Waals surface area contributed by atoms with Gasteiger partial charge >= 0.3 is 17.9 Å². The summed E-state index contributed by atoms with van der Waals surface area (Å²) < 4.78 is 24.2. The van der Waals surface area contributed by atoms with Crippen LogP contribution in [0.25, 0.3) is 11.0 Å².